The van der Waals surface area contributed by atoms with Crippen LogP contribution in [0.25, 0.3) is 0 Å². The number of aryl methyl sites for hydroxylation is 1. The summed E-state index contributed by atoms with van der Waals surface area (Å²) >= 11 is 1.82. The third-order valence-electron chi connectivity index (χ3n) is 4.79. The van der Waals surface area contributed by atoms with Gasteiger partial charge in [0.15, 0.2) is 0 Å². The molecule has 0 heterocycles. The van der Waals surface area contributed by atoms with Crippen LogP contribution in [-0.2, 0) is 27.3 Å². The first-order valence-corrected chi connectivity index (χ1v) is 14.3. The molecule has 2 atom stereocenters. The molecular formula is C25H32ClN2O2RuS. The van der Waals surface area contributed by atoms with E-state index in [1.165, 1.54) is 11.1 Å². The van der Waals surface area contributed by atoms with Crippen LogP contribution in [0.3, 0.4) is 0 Å². The second kappa shape index (κ2) is 14.6. The van der Waals surface area contributed by atoms with Gasteiger partial charge in [-0.3, -0.25) is 0 Å². The molecule has 7 heteroatoms. The van der Waals surface area contributed by atoms with Crippen LogP contribution in [0.2, 0.25) is 0 Å². The predicted molar refractivity (Wildman–Crippen MR) is 132 cm³/mol. The molecule has 0 fully saturated rings. The number of halogens is 1. The van der Waals surface area contributed by atoms with Crippen molar-refractivity contribution in [2.24, 2.45) is 5.73 Å². The number of rotatable bonds is 6. The van der Waals surface area contributed by atoms with Gasteiger partial charge >= 0.3 is 27.0 Å². The minimum absolute atomic E-state index is 0.451. The molecule has 175 valence electrons. The number of nitrogens with one attached hydrogen (secondary N) is 1. The van der Waals surface area contributed by atoms with E-state index >= 15 is 0 Å². The quantitative estimate of drug-likeness (QED) is 0.375. The zero-order valence-corrected chi connectivity index (χ0v) is 22.2. The van der Waals surface area contributed by atoms with Crippen LogP contribution in [0.1, 0.15) is 54.1 Å². The summed E-state index contributed by atoms with van der Waals surface area (Å²) in [5.74, 6) is 0.653. The summed E-state index contributed by atoms with van der Waals surface area (Å²) in [7, 11) is 1.21. The SMILES string of the molecule is CS(=O)(=O)N[C@@H](c1ccccc1)[C@@H](N)c1ccccc1.Cc1ccc(C(C)C)cc1.[Cl][Ru]. The second-order valence-electron chi connectivity index (χ2n) is 7.78. The number of hydrogen-bond acceptors (Lipinski definition) is 3. The molecule has 3 N–H and O–H groups in total. The van der Waals surface area contributed by atoms with E-state index in [9.17, 15) is 8.42 Å². The van der Waals surface area contributed by atoms with E-state index in [1.54, 1.807) is 0 Å². The van der Waals surface area contributed by atoms with Crippen molar-refractivity contribution in [2.45, 2.75) is 38.8 Å². The fraction of sp³-hybridized carbons (Fsp3) is 0.280. The molecule has 0 unspecified atom stereocenters. The van der Waals surface area contributed by atoms with Crippen molar-refractivity contribution >= 4 is 19.7 Å². The zero-order chi connectivity index (χ0) is 24.1. The molecule has 0 spiro atoms. The monoisotopic (exact) mass is 561 g/mol. The van der Waals surface area contributed by atoms with Crippen molar-refractivity contribution in [1.29, 1.82) is 0 Å². The zero-order valence-electron chi connectivity index (χ0n) is 18.8. The fourth-order valence-corrected chi connectivity index (χ4v) is 3.80. The molecule has 3 aromatic carbocycles. The third-order valence-corrected chi connectivity index (χ3v) is 5.47. The first kappa shape index (κ1) is 28.5. The van der Waals surface area contributed by atoms with E-state index in [-0.39, 0.29) is 0 Å². The van der Waals surface area contributed by atoms with E-state index in [4.69, 9.17) is 5.73 Å². The molecule has 0 aromatic heterocycles. The van der Waals surface area contributed by atoms with Crippen LogP contribution in [0, 0.1) is 6.92 Å². The van der Waals surface area contributed by atoms with Crippen LogP contribution in [0.5, 0.6) is 0 Å². The van der Waals surface area contributed by atoms with Gasteiger partial charge in [-0.05, 0) is 29.5 Å². The van der Waals surface area contributed by atoms with Crippen molar-refractivity contribution in [3.05, 3.63) is 107 Å². The maximum atomic E-state index is 11.6. The fourth-order valence-electron chi connectivity index (χ4n) is 3.06. The van der Waals surface area contributed by atoms with Crippen molar-refractivity contribution < 1.29 is 25.7 Å². The summed E-state index contributed by atoms with van der Waals surface area (Å²) < 4.78 is 25.8. The Morgan fingerprint density at radius 3 is 1.62 bits per heavy atom. The van der Waals surface area contributed by atoms with Gasteiger partial charge in [-0.25, -0.2) is 13.1 Å². The van der Waals surface area contributed by atoms with Gasteiger partial charge in [0.25, 0.3) is 0 Å². The topological polar surface area (TPSA) is 72.2 Å². The Morgan fingerprint density at radius 1 is 0.781 bits per heavy atom. The van der Waals surface area contributed by atoms with Gasteiger partial charge in [0, 0.05) is 0 Å². The van der Waals surface area contributed by atoms with Crippen LogP contribution < -0.4 is 10.5 Å². The summed E-state index contributed by atoms with van der Waals surface area (Å²) in [6, 6.07) is 26.6. The maximum absolute atomic E-state index is 11.6. The first-order chi connectivity index (χ1) is 15.2. The van der Waals surface area contributed by atoms with E-state index in [0.29, 0.717) is 5.92 Å². The molecule has 0 saturated heterocycles. The minimum atomic E-state index is -3.35. The van der Waals surface area contributed by atoms with Crippen LogP contribution in [0.4, 0.5) is 0 Å². The van der Waals surface area contributed by atoms with Gasteiger partial charge in [0.05, 0.1) is 18.3 Å². The average Bonchev–Trinajstić information content (AvgIpc) is 2.80. The number of sulfonamides is 1. The van der Waals surface area contributed by atoms with Crippen molar-refractivity contribution in [1.82, 2.24) is 4.72 Å². The summed E-state index contributed by atoms with van der Waals surface area (Å²) in [5, 5.41) is 0. The Kier molecular flexibility index (Phi) is 13.0. The Hall–Kier alpha value is -1.56. The van der Waals surface area contributed by atoms with Crippen LogP contribution in [-0.4, -0.2) is 14.7 Å². The number of hydrogen-bond donors (Lipinski definition) is 2. The molecule has 0 bridgehead atoms. The number of benzene rings is 3. The molecule has 0 aliphatic heterocycles. The summed E-state index contributed by atoms with van der Waals surface area (Å²) in [6.07, 6.45) is 1.14. The molecule has 0 aliphatic carbocycles. The van der Waals surface area contributed by atoms with Crippen LogP contribution in [0.15, 0.2) is 84.9 Å². The van der Waals surface area contributed by atoms with Gasteiger partial charge in [0.2, 0.25) is 10.0 Å². The molecule has 0 amide bonds. The Morgan fingerprint density at radius 2 is 1.22 bits per heavy atom. The molecule has 4 nitrogen and oxygen atoms in total. The predicted octanol–water partition coefficient (Wildman–Crippen LogP) is 5.78. The van der Waals surface area contributed by atoms with Gasteiger partial charge in [-0.15, -0.1) is 0 Å². The second-order valence-corrected chi connectivity index (χ2v) is 9.56. The third kappa shape index (κ3) is 10.4. The Bertz CT molecular complexity index is 999. The standard InChI is InChI=1S/C15H18N2O2S.C10H14.ClH.Ru/c1-20(18,19)17-15(13-10-6-3-7-11-13)14(16)12-8-4-2-5-9-12;1-8(2)10-6-4-9(3)5-7-10;;/h2-11,14-15,17H,16H2,1H3;4-8H,1-3H3;1H;/q;;;+1/p-1/t14-,15-;;;/m0.../s1. The van der Waals surface area contributed by atoms with Gasteiger partial charge in [-0.1, -0.05) is 104 Å². The van der Waals surface area contributed by atoms with Gasteiger partial charge < -0.3 is 5.73 Å². The summed E-state index contributed by atoms with van der Waals surface area (Å²) in [5.41, 5.74) is 10.7. The molecule has 32 heavy (non-hydrogen) atoms. The molecular weight excluding hydrogens is 529 g/mol. The van der Waals surface area contributed by atoms with Crippen LogP contribution >= 0.6 is 9.69 Å². The molecule has 3 aromatic rings. The van der Waals surface area contributed by atoms with Crippen molar-refractivity contribution in [3.8, 4) is 0 Å². The molecule has 0 saturated carbocycles. The van der Waals surface area contributed by atoms with E-state index < -0.39 is 22.1 Å². The Labute approximate surface area is 207 Å². The van der Waals surface area contributed by atoms with Gasteiger partial charge in [-0.2, -0.15) is 0 Å². The number of nitrogens with two attached hydrogens (primary N) is 1. The summed E-state index contributed by atoms with van der Waals surface area (Å²) in [4.78, 5) is 0. The van der Waals surface area contributed by atoms with Gasteiger partial charge in [0.1, 0.15) is 0 Å². The first-order valence-electron chi connectivity index (χ1n) is 10.2. The average molecular weight is 561 g/mol. The molecule has 0 radical (unpaired) electrons. The van der Waals surface area contributed by atoms with E-state index in [1.807, 2.05) is 78.0 Å². The van der Waals surface area contributed by atoms with E-state index in [0.717, 1.165) is 17.4 Å². The van der Waals surface area contributed by atoms with Crippen molar-refractivity contribution in [3.63, 3.8) is 0 Å². The van der Waals surface area contributed by atoms with Crippen molar-refractivity contribution in [2.75, 3.05) is 6.26 Å². The van der Waals surface area contributed by atoms with E-state index in [2.05, 4.69) is 59.4 Å². The summed E-state index contributed by atoms with van der Waals surface area (Å²) in [6.45, 7) is 6.54. The molecule has 0 aliphatic rings. The molecule has 3 rings (SSSR count). The Balaban J connectivity index is 0.000000358. The normalized spacial score (nSPS) is 12.6.